The van der Waals surface area contributed by atoms with Crippen LogP contribution < -0.4 is 0 Å². The standard InChI is InChI=1S/C14H21NO5S2/c1-2-4-12-11(13(16)15(12)22(18,19)20)5-3-6-14(7-8-14)9-10-21-17/h11-12,17H,2,4,6-10H2,1H3,(H,18,19,20)/t11-,12+/m1/s1. The molecule has 22 heavy (non-hydrogen) atoms. The first-order valence-electron chi connectivity index (χ1n) is 7.40. The summed E-state index contributed by atoms with van der Waals surface area (Å²) in [5.74, 6) is 5.33. The molecule has 2 N–H and O–H groups in total. The van der Waals surface area contributed by atoms with Gasteiger partial charge in [-0.3, -0.25) is 9.35 Å². The monoisotopic (exact) mass is 347 g/mol. The van der Waals surface area contributed by atoms with Crippen LogP contribution in [0.4, 0.5) is 0 Å². The van der Waals surface area contributed by atoms with Gasteiger partial charge in [-0.1, -0.05) is 19.3 Å². The maximum Gasteiger partial charge on any atom is 0.362 e. The molecule has 2 aliphatic rings. The Kier molecular flexibility index (Phi) is 5.43. The third-order valence-electron chi connectivity index (χ3n) is 4.40. The van der Waals surface area contributed by atoms with Gasteiger partial charge in [0.1, 0.15) is 5.92 Å². The van der Waals surface area contributed by atoms with E-state index in [0.29, 0.717) is 29.3 Å². The van der Waals surface area contributed by atoms with Crippen molar-refractivity contribution in [2.45, 2.75) is 51.5 Å². The topological polar surface area (TPSA) is 94.9 Å². The number of hydrogen-bond donors (Lipinski definition) is 2. The third kappa shape index (κ3) is 3.77. The van der Waals surface area contributed by atoms with Crippen LogP contribution in [0.5, 0.6) is 0 Å². The van der Waals surface area contributed by atoms with Crippen molar-refractivity contribution in [2.24, 2.45) is 11.3 Å². The summed E-state index contributed by atoms with van der Waals surface area (Å²) in [6, 6.07) is -0.553. The Morgan fingerprint density at radius 1 is 1.45 bits per heavy atom. The molecule has 1 saturated heterocycles. The van der Waals surface area contributed by atoms with Crippen molar-refractivity contribution in [3.8, 4) is 11.8 Å². The molecule has 2 atom stereocenters. The van der Waals surface area contributed by atoms with Crippen LogP contribution in [-0.2, 0) is 15.1 Å². The Morgan fingerprint density at radius 2 is 2.14 bits per heavy atom. The van der Waals surface area contributed by atoms with Gasteiger partial charge in [-0.25, -0.2) is 4.31 Å². The SMILES string of the molecule is CCC[C@H]1[C@@H](C#CCC2(CCSO)CC2)C(=O)N1S(=O)(=O)O. The molecule has 1 aliphatic carbocycles. The Bertz CT molecular complexity index is 588. The molecule has 0 unspecified atom stereocenters. The average molecular weight is 347 g/mol. The lowest BCUT2D eigenvalue weighted by molar-refractivity contribution is -0.143. The molecule has 0 spiro atoms. The fraction of sp³-hybridized carbons (Fsp3) is 0.786. The molecule has 124 valence electrons. The molecule has 8 heteroatoms. The summed E-state index contributed by atoms with van der Waals surface area (Å²) in [5.41, 5.74) is 0.165. The maximum absolute atomic E-state index is 11.9. The summed E-state index contributed by atoms with van der Waals surface area (Å²) in [6.45, 7) is 1.89. The number of β-lactam (4-membered cyclic amide) rings is 1. The van der Waals surface area contributed by atoms with Crippen molar-refractivity contribution in [2.75, 3.05) is 5.75 Å². The van der Waals surface area contributed by atoms with E-state index >= 15 is 0 Å². The first-order valence-corrected chi connectivity index (χ1v) is 9.74. The van der Waals surface area contributed by atoms with Crippen molar-refractivity contribution < 1.29 is 22.3 Å². The quantitative estimate of drug-likeness (QED) is 0.317. The van der Waals surface area contributed by atoms with Crippen LogP contribution in [0.15, 0.2) is 0 Å². The number of rotatable bonds is 7. The third-order valence-corrected chi connectivity index (χ3v) is 5.74. The average Bonchev–Trinajstić information content (AvgIpc) is 3.20. The Hall–Kier alpha value is -0.750. The van der Waals surface area contributed by atoms with Crippen LogP contribution in [0.3, 0.4) is 0 Å². The van der Waals surface area contributed by atoms with Crippen LogP contribution in [-0.4, -0.2) is 39.5 Å². The lowest BCUT2D eigenvalue weighted by atomic mass is 9.87. The summed E-state index contributed by atoms with van der Waals surface area (Å²) in [4.78, 5) is 11.9. The van der Waals surface area contributed by atoms with E-state index in [1.54, 1.807) is 0 Å². The fourth-order valence-electron chi connectivity index (χ4n) is 2.84. The van der Waals surface area contributed by atoms with Gasteiger partial charge in [0.25, 0.3) is 5.91 Å². The van der Waals surface area contributed by atoms with Gasteiger partial charge >= 0.3 is 10.3 Å². The minimum absolute atomic E-state index is 0.165. The Morgan fingerprint density at radius 3 is 2.64 bits per heavy atom. The van der Waals surface area contributed by atoms with Crippen LogP contribution in [0, 0.1) is 23.2 Å². The highest BCUT2D eigenvalue weighted by atomic mass is 32.2. The minimum atomic E-state index is -4.49. The van der Waals surface area contributed by atoms with Crippen LogP contribution >= 0.6 is 12.0 Å². The Labute approximate surface area is 135 Å². The molecule has 0 aromatic rings. The zero-order valence-electron chi connectivity index (χ0n) is 12.5. The van der Waals surface area contributed by atoms with Gasteiger partial charge in [-0.2, -0.15) is 8.42 Å². The van der Waals surface area contributed by atoms with E-state index in [-0.39, 0.29) is 5.41 Å². The van der Waals surface area contributed by atoms with Gasteiger partial charge < -0.3 is 4.55 Å². The normalized spacial score (nSPS) is 26.1. The number of carbonyl (C=O) groups is 1. The summed E-state index contributed by atoms with van der Waals surface area (Å²) >= 11 is 0.831. The van der Waals surface area contributed by atoms with Gasteiger partial charge in [0, 0.05) is 12.2 Å². The largest absolute Gasteiger partial charge is 0.362 e. The molecule has 1 saturated carbocycles. The minimum Gasteiger partial charge on any atom is -0.330 e. The molecule has 1 amide bonds. The molecule has 1 heterocycles. The second kappa shape index (κ2) is 6.79. The van der Waals surface area contributed by atoms with Crippen molar-refractivity contribution in [3.05, 3.63) is 0 Å². The van der Waals surface area contributed by atoms with Crippen molar-refractivity contribution in [1.82, 2.24) is 4.31 Å². The second-order valence-corrected chi connectivity index (χ2v) is 7.98. The Balaban J connectivity index is 1.98. The molecular weight excluding hydrogens is 326 g/mol. The zero-order chi connectivity index (χ0) is 16.4. The molecular formula is C14H21NO5S2. The van der Waals surface area contributed by atoms with Gasteiger partial charge in [0.2, 0.25) is 0 Å². The molecule has 1 aliphatic heterocycles. The number of amides is 1. The number of hydrogen-bond acceptors (Lipinski definition) is 5. The van der Waals surface area contributed by atoms with E-state index in [4.69, 9.17) is 9.11 Å². The van der Waals surface area contributed by atoms with E-state index in [0.717, 1.165) is 31.3 Å². The first kappa shape index (κ1) is 17.6. The van der Waals surface area contributed by atoms with Crippen molar-refractivity contribution >= 4 is 28.3 Å². The van der Waals surface area contributed by atoms with Gasteiger partial charge in [0.15, 0.2) is 0 Å². The van der Waals surface area contributed by atoms with Crippen molar-refractivity contribution in [3.63, 3.8) is 0 Å². The second-order valence-electron chi connectivity index (χ2n) is 6.03. The number of nitrogens with zero attached hydrogens (tertiary/aromatic N) is 1. The van der Waals surface area contributed by atoms with E-state index in [1.807, 2.05) is 6.92 Å². The fourth-order valence-corrected chi connectivity index (χ4v) is 4.28. The number of carbonyl (C=O) groups excluding carboxylic acids is 1. The highest BCUT2D eigenvalue weighted by Crippen LogP contribution is 2.52. The predicted octanol–water partition coefficient (Wildman–Crippen LogP) is 2.19. The van der Waals surface area contributed by atoms with Crippen LogP contribution in [0.1, 0.15) is 45.4 Å². The van der Waals surface area contributed by atoms with Gasteiger partial charge in [-0.05, 0) is 43.1 Å². The summed E-state index contributed by atoms with van der Waals surface area (Å²) in [6.07, 6.45) is 4.93. The summed E-state index contributed by atoms with van der Waals surface area (Å²) < 4.78 is 40.8. The molecule has 2 fully saturated rings. The van der Waals surface area contributed by atoms with Gasteiger partial charge in [-0.15, -0.1) is 5.92 Å². The first-order chi connectivity index (χ1) is 10.3. The van der Waals surface area contributed by atoms with Crippen LogP contribution in [0.25, 0.3) is 0 Å². The molecule has 0 bridgehead atoms. The highest BCUT2D eigenvalue weighted by molar-refractivity contribution is 7.93. The lowest BCUT2D eigenvalue weighted by Crippen LogP contribution is -2.62. The molecule has 0 radical (unpaired) electrons. The summed E-state index contributed by atoms with van der Waals surface area (Å²) in [7, 11) is -4.49. The van der Waals surface area contributed by atoms with E-state index in [2.05, 4.69) is 11.8 Å². The van der Waals surface area contributed by atoms with E-state index < -0.39 is 28.2 Å². The predicted molar refractivity (Wildman–Crippen MR) is 84.3 cm³/mol. The van der Waals surface area contributed by atoms with Gasteiger partial charge in [0.05, 0.1) is 6.04 Å². The zero-order valence-corrected chi connectivity index (χ0v) is 14.1. The molecule has 0 aromatic heterocycles. The van der Waals surface area contributed by atoms with E-state index in [9.17, 15) is 13.2 Å². The molecule has 0 aromatic carbocycles. The lowest BCUT2D eigenvalue weighted by Gasteiger charge is -2.41. The maximum atomic E-state index is 11.9. The smallest absolute Gasteiger partial charge is 0.330 e. The summed E-state index contributed by atoms with van der Waals surface area (Å²) in [5, 5.41) is 0. The van der Waals surface area contributed by atoms with E-state index in [1.165, 1.54) is 0 Å². The van der Waals surface area contributed by atoms with Crippen molar-refractivity contribution in [1.29, 1.82) is 0 Å². The van der Waals surface area contributed by atoms with Crippen LogP contribution in [0.2, 0.25) is 0 Å². The molecule has 6 nitrogen and oxygen atoms in total. The molecule has 2 rings (SSSR count). The highest BCUT2D eigenvalue weighted by Gasteiger charge is 2.52.